The van der Waals surface area contributed by atoms with Crippen LogP contribution in [0.5, 0.6) is 0 Å². The molecule has 0 unspecified atom stereocenters. The van der Waals surface area contributed by atoms with Crippen molar-refractivity contribution in [2.24, 2.45) is 5.41 Å². The molecule has 2 fully saturated rings. The Morgan fingerprint density at radius 3 is 2.77 bits per heavy atom. The average molecular weight is 302 g/mol. The molecule has 0 saturated carbocycles. The van der Waals surface area contributed by atoms with E-state index < -0.39 is 0 Å². The van der Waals surface area contributed by atoms with E-state index in [1.54, 1.807) is 12.4 Å². The fraction of sp³-hybridized carbons (Fsp3) is 0.647. The minimum absolute atomic E-state index is 0.0140. The van der Waals surface area contributed by atoms with Crippen molar-refractivity contribution in [3.8, 4) is 0 Å². The minimum Gasteiger partial charge on any atom is -0.337 e. The van der Waals surface area contributed by atoms with E-state index in [0.717, 1.165) is 38.2 Å². The van der Waals surface area contributed by atoms with E-state index in [2.05, 4.69) is 15.6 Å². The Balaban J connectivity index is 1.62. The van der Waals surface area contributed by atoms with E-state index in [1.165, 1.54) is 12.8 Å². The second-order valence-electron chi connectivity index (χ2n) is 6.60. The molecule has 2 saturated heterocycles. The Kier molecular flexibility index (Phi) is 4.74. The number of rotatable bonds is 4. The van der Waals surface area contributed by atoms with Crippen molar-refractivity contribution in [1.82, 2.24) is 20.5 Å². The van der Waals surface area contributed by atoms with Crippen LogP contribution < -0.4 is 10.6 Å². The Labute approximate surface area is 132 Å². The topological polar surface area (TPSA) is 57.3 Å². The van der Waals surface area contributed by atoms with Crippen LogP contribution in [-0.4, -0.2) is 48.0 Å². The SMILES string of the molecule is CCN(Cc1ccncc1)C(=O)[C@@H]1CC2(CCNCC2)CN1. The van der Waals surface area contributed by atoms with Crippen LogP contribution in [0, 0.1) is 5.41 Å². The largest absolute Gasteiger partial charge is 0.337 e. The van der Waals surface area contributed by atoms with Crippen LogP contribution in [0.1, 0.15) is 31.7 Å². The number of carbonyl (C=O) groups excluding carboxylic acids is 1. The molecule has 0 aromatic carbocycles. The van der Waals surface area contributed by atoms with E-state index in [-0.39, 0.29) is 11.9 Å². The van der Waals surface area contributed by atoms with Crippen LogP contribution in [0.25, 0.3) is 0 Å². The van der Waals surface area contributed by atoms with Crippen LogP contribution in [-0.2, 0) is 11.3 Å². The van der Waals surface area contributed by atoms with Gasteiger partial charge in [-0.05, 0) is 62.4 Å². The molecule has 2 N–H and O–H groups in total. The zero-order valence-corrected chi connectivity index (χ0v) is 13.3. The van der Waals surface area contributed by atoms with E-state index in [4.69, 9.17) is 0 Å². The summed E-state index contributed by atoms with van der Waals surface area (Å²) in [6.45, 7) is 6.61. The van der Waals surface area contributed by atoms with Crippen molar-refractivity contribution in [2.45, 2.75) is 38.8 Å². The highest BCUT2D eigenvalue weighted by molar-refractivity contribution is 5.82. The Hall–Kier alpha value is -1.46. The van der Waals surface area contributed by atoms with Gasteiger partial charge in [-0.15, -0.1) is 0 Å². The van der Waals surface area contributed by atoms with Crippen LogP contribution in [0.2, 0.25) is 0 Å². The molecule has 2 aliphatic heterocycles. The number of likely N-dealkylation sites (N-methyl/N-ethyl adjacent to an activating group) is 1. The van der Waals surface area contributed by atoms with Gasteiger partial charge in [0.15, 0.2) is 0 Å². The highest BCUT2D eigenvalue weighted by atomic mass is 16.2. The Morgan fingerprint density at radius 1 is 1.36 bits per heavy atom. The quantitative estimate of drug-likeness (QED) is 0.876. The monoisotopic (exact) mass is 302 g/mol. The lowest BCUT2D eigenvalue weighted by Gasteiger charge is -2.33. The number of carbonyl (C=O) groups is 1. The number of piperidine rings is 1. The van der Waals surface area contributed by atoms with E-state index in [0.29, 0.717) is 12.0 Å². The molecular formula is C17H26N4O. The van der Waals surface area contributed by atoms with Gasteiger partial charge in [0.1, 0.15) is 0 Å². The van der Waals surface area contributed by atoms with Gasteiger partial charge in [-0.3, -0.25) is 9.78 Å². The van der Waals surface area contributed by atoms with Crippen molar-refractivity contribution in [3.05, 3.63) is 30.1 Å². The van der Waals surface area contributed by atoms with Crippen LogP contribution in [0.3, 0.4) is 0 Å². The summed E-state index contributed by atoms with van der Waals surface area (Å²) in [6, 6.07) is 3.94. The first-order valence-corrected chi connectivity index (χ1v) is 8.34. The summed E-state index contributed by atoms with van der Waals surface area (Å²) in [4.78, 5) is 18.8. The third kappa shape index (κ3) is 3.31. The fourth-order valence-corrected chi connectivity index (χ4v) is 3.70. The molecule has 120 valence electrons. The molecule has 22 heavy (non-hydrogen) atoms. The summed E-state index contributed by atoms with van der Waals surface area (Å²) < 4.78 is 0. The van der Waals surface area contributed by atoms with Gasteiger partial charge < -0.3 is 15.5 Å². The lowest BCUT2D eigenvalue weighted by molar-refractivity contribution is -0.133. The molecule has 0 aliphatic carbocycles. The summed E-state index contributed by atoms with van der Waals surface area (Å²) >= 11 is 0. The highest BCUT2D eigenvalue weighted by Gasteiger charge is 2.42. The van der Waals surface area contributed by atoms with E-state index in [1.807, 2.05) is 24.0 Å². The first-order valence-electron chi connectivity index (χ1n) is 8.34. The third-order valence-electron chi connectivity index (χ3n) is 5.14. The molecule has 1 spiro atoms. The summed E-state index contributed by atoms with van der Waals surface area (Å²) in [5.74, 6) is 0.245. The number of hydrogen-bond donors (Lipinski definition) is 2. The molecule has 1 aromatic heterocycles. The molecule has 0 bridgehead atoms. The van der Waals surface area contributed by atoms with Gasteiger partial charge in [0.2, 0.25) is 5.91 Å². The Bertz CT molecular complexity index is 499. The number of pyridine rings is 1. The number of nitrogens with one attached hydrogen (secondary N) is 2. The number of aromatic nitrogens is 1. The number of hydrogen-bond acceptors (Lipinski definition) is 4. The second kappa shape index (κ2) is 6.75. The molecule has 5 nitrogen and oxygen atoms in total. The first-order chi connectivity index (χ1) is 10.7. The van der Waals surface area contributed by atoms with Gasteiger partial charge >= 0.3 is 0 Å². The third-order valence-corrected chi connectivity index (χ3v) is 5.14. The average Bonchev–Trinajstić information content (AvgIpc) is 2.97. The maximum Gasteiger partial charge on any atom is 0.240 e. The molecule has 1 atom stereocenters. The molecule has 1 aromatic rings. The van der Waals surface area contributed by atoms with Crippen molar-refractivity contribution in [3.63, 3.8) is 0 Å². The van der Waals surface area contributed by atoms with Crippen molar-refractivity contribution in [1.29, 1.82) is 0 Å². The van der Waals surface area contributed by atoms with Crippen LogP contribution in [0.15, 0.2) is 24.5 Å². The maximum atomic E-state index is 12.8. The number of nitrogens with zero attached hydrogens (tertiary/aromatic N) is 2. The van der Waals surface area contributed by atoms with Crippen molar-refractivity contribution in [2.75, 3.05) is 26.2 Å². The van der Waals surface area contributed by atoms with Gasteiger partial charge in [0.05, 0.1) is 6.04 Å². The molecule has 5 heteroatoms. The summed E-state index contributed by atoms with van der Waals surface area (Å²) in [7, 11) is 0. The van der Waals surface area contributed by atoms with Crippen LogP contribution >= 0.6 is 0 Å². The smallest absolute Gasteiger partial charge is 0.240 e. The zero-order valence-electron chi connectivity index (χ0n) is 13.3. The summed E-state index contributed by atoms with van der Waals surface area (Å²) in [6.07, 6.45) is 6.91. The zero-order chi connectivity index (χ0) is 15.4. The standard InChI is InChI=1S/C17H26N4O/c1-2-21(12-14-3-7-18-8-4-14)16(22)15-11-17(13-20-15)5-9-19-10-6-17/h3-4,7-8,15,19-20H,2,5-6,9-13H2,1H3/t15-/m0/s1. The van der Waals surface area contributed by atoms with E-state index in [9.17, 15) is 4.79 Å². The second-order valence-corrected chi connectivity index (χ2v) is 6.60. The molecule has 3 rings (SSSR count). The summed E-state index contributed by atoms with van der Waals surface area (Å²) in [5, 5.41) is 6.90. The molecule has 0 radical (unpaired) electrons. The van der Waals surface area contributed by atoms with E-state index >= 15 is 0 Å². The predicted octanol–water partition coefficient (Wildman–Crippen LogP) is 1.16. The van der Waals surface area contributed by atoms with Crippen molar-refractivity contribution >= 4 is 5.91 Å². The normalized spacial score (nSPS) is 23.6. The molecule has 2 aliphatic rings. The Morgan fingerprint density at radius 2 is 2.09 bits per heavy atom. The van der Waals surface area contributed by atoms with Gasteiger partial charge in [-0.1, -0.05) is 0 Å². The van der Waals surface area contributed by atoms with Gasteiger partial charge in [0, 0.05) is 32.0 Å². The van der Waals surface area contributed by atoms with Gasteiger partial charge in [-0.25, -0.2) is 0 Å². The molecule has 1 amide bonds. The minimum atomic E-state index is -0.0140. The van der Waals surface area contributed by atoms with Crippen LogP contribution in [0.4, 0.5) is 0 Å². The van der Waals surface area contributed by atoms with Gasteiger partial charge in [-0.2, -0.15) is 0 Å². The first kappa shape index (κ1) is 15.4. The molecular weight excluding hydrogens is 276 g/mol. The van der Waals surface area contributed by atoms with Gasteiger partial charge in [0.25, 0.3) is 0 Å². The maximum absolute atomic E-state index is 12.8. The number of amides is 1. The lowest BCUT2D eigenvalue weighted by atomic mass is 9.77. The molecule has 3 heterocycles. The predicted molar refractivity (Wildman–Crippen MR) is 86.3 cm³/mol. The van der Waals surface area contributed by atoms with Crippen molar-refractivity contribution < 1.29 is 4.79 Å². The highest BCUT2D eigenvalue weighted by Crippen LogP contribution is 2.37. The summed E-state index contributed by atoms with van der Waals surface area (Å²) in [5.41, 5.74) is 1.47. The lowest BCUT2D eigenvalue weighted by Crippen LogP contribution is -2.43. The fourth-order valence-electron chi connectivity index (χ4n) is 3.70.